The lowest BCUT2D eigenvalue weighted by Crippen LogP contribution is -2.40. The van der Waals surface area contributed by atoms with Gasteiger partial charge in [0.1, 0.15) is 5.82 Å². The molecule has 2 aromatic carbocycles. The van der Waals surface area contributed by atoms with Crippen LogP contribution in [0.2, 0.25) is 0 Å². The summed E-state index contributed by atoms with van der Waals surface area (Å²) >= 11 is 0. The Morgan fingerprint density at radius 1 is 0.920 bits per heavy atom. The Labute approximate surface area is 145 Å². The van der Waals surface area contributed by atoms with Crippen molar-refractivity contribution in [3.05, 3.63) is 77.1 Å². The maximum Gasteiger partial charge on any atom is 0.254 e. The van der Waals surface area contributed by atoms with E-state index in [-0.39, 0.29) is 17.5 Å². The number of rotatable bonds is 4. The first-order valence-corrected chi connectivity index (χ1v) is 8.08. The van der Waals surface area contributed by atoms with Gasteiger partial charge < -0.3 is 9.64 Å². The van der Waals surface area contributed by atoms with Gasteiger partial charge in [0.05, 0.1) is 13.2 Å². The highest BCUT2D eigenvalue weighted by Gasteiger charge is 2.18. The minimum Gasteiger partial charge on any atom is -0.378 e. The summed E-state index contributed by atoms with van der Waals surface area (Å²) in [4.78, 5) is 26.2. The van der Waals surface area contributed by atoms with Crippen LogP contribution in [0.3, 0.4) is 0 Å². The van der Waals surface area contributed by atoms with Crippen LogP contribution in [0.15, 0.2) is 54.6 Å². The number of carbonyl (C=O) groups excluding carboxylic acids is 2. The van der Waals surface area contributed by atoms with E-state index in [0.717, 1.165) is 5.56 Å². The molecule has 1 saturated heterocycles. The molecule has 1 amide bonds. The molecule has 0 radical (unpaired) electrons. The second-order valence-corrected chi connectivity index (χ2v) is 5.73. The summed E-state index contributed by atoms with van der Waals surface area (Å²) in [6, 6.07) is 12.5. The van der Waals surface area contributed by atoms with Crippen molar-refractivity contribution in [2.75, 3.05) is 26.3 Å². The maximum atomic E-state index is 12.9. The molecule has 1 aliphatic rings. The Morgan fingerprint density at radius 2 is 1.52 bits per heavy atom. The van der Waals surface area contributed by atoms with E-state index in [1.165, 1.54) is 30.3 Å². The molecular weight excluding hydrogens is 321 g/mol. The zero-order chi connectivity index (χ0) is 17.6. The third-order valence-electron chi connectivity index (χ3n) is 4.01. The lowest BCUT2D eigenvalue weighted by atomic mass is 10.1. The van der Waals surface area contributed by atoms with Gasteiger partial charge in [0.15, 0.2) is 5.78 Å². The molecule has 1 heterocycles. The largest absolute Gasteiger partial charge is 0.378 e. The molecule has 1 aliphatic heterocycles. The van der Waals surface area contributed by atoms with Crippen molar-refractivity contribution in [2.24, 2.45) is 0 Å². The van der Waals surface area contributed by atoms with Crippen LogP contribution in [0.5, 0.6) is 0 Å². The number of benzene rings is 2. The molecule has 2 aromatic rings. The van der Waals surface area contributed by atoms with Crippen molar-refractivity contribution in [1.29, 1.82) is 0 Å². The lowest BCUT2D eigenvalue weighted by molar-refractivity contribution is 0.0303. The number of nitrogens with zero attached hydrogens (tertiary/aromatic N) is 1. The summed E-state index contributed by atoms with van der Waals surface area (Å²) in [5, 5.41) is 0. The van der Waals surface area contributed by atoms with E-state index in [4.69, 9.17) is 4.74 Å². The van der Waals surface area contributed by atoms with Crippen LogP contribution >= 0.6 is 0 Å². The van der Waals surface area contributed by atoms with E-state index in [0.29, 0.717) is 37.4 Å². The number of allylic oxidation sites excluding steroid dienone is 1. The molecule has 0 bridgehead atoms. The van der Waals surface area contributed by atoms with E-state index in [1.54, 1.807) is 35.2 Å². The number of ether oxygens (including phenoxy) is 1. The molecule has 4 nitrogen and oxygen atoms in total. The Kier molecular flexibility index (Phi) is 5.36. The lowest BCUT2D eigenvalue weighted by Gasteiger charge is -2.26. The Morgan fingerprint density at radius 3 is 2.16 bits per heavy atom. The predicted molar refractivity (Wildman–Crippen MR) is 92.9 cm³/mol. The van der Waals surface area contributed by atoms with Crippen LogP contribution in [0.25, 0.3) is 6.08 Å². The van der Waals surface area contributed by atoms with Crippen molar-refractivity contribution in [3.63, 3.8) is 0 Å². The first-order chi connectivity index (χ1) is 12.1. The molecule has 0 N–H and O–H groups in total. The topological polar surface area (TPSA) is 46.6 Å². The average Bonchev–Trinajstić information content (AvgIpc) is 2.67. The average molecular weight is 339 g/mol. The summed E-state index contributed by atoms with van der Waals surface area (Å²) in [7, 11) is 0. The van der Waals surface area contributed by atoms with Crippen LogP contribution in [-0.4, -0.2) is 42.9 Å². The van der Waals surface area contributed by atoms with Gasteiger partial charge in [-0.1, -0.05) is 18.2 Å². The summed E-state index contributed by atoms with van der Waals surface area (Å²) in [6.45, 7) is 2.34. The third-order valence-corrected chi connectivity index (χ3v) is 4.01. The predicted octanol–water partition coefficient (Wildman–Crippen LogP) is 3.19. The molecule has 0 unspecified atom stereocenters. The zero-order valence-corrected chi connectivity index (χ0v) is 13.7. The van der Waals surface area contributed by atoms with Gasteiger partial charge in [-0.2, -0.15) is 0 Å². The van der Waals surface area contributed by atoms with Crippen LogP contribution in [-0.2, 0) is 4.74 Å². The van der Waals surface area contributed by atoms with E-state index < -0.39 is 0 Å². The highest BCUT2D eigenvalue weighted by molar-refractivity contribution is 6.06. The Hall–Kier alpha value is -2.79. The van der Waals surface area contributed by atoms with Gasteiger partial charge in [-0.3, -0.25) is 9.59 Å². The van der Waals surface area contributed by atoms with Crippen LogP contribution in [0.1, 0.15) is 26.3 Å². The van der Waals surface area contributed by atoms with Gasteiger partial charge in [0, 0.05) is 24.2 Å². The van der Waals surface area contributed by atoms with Gasteiger partial charge >= 0.3 is 0 Å². The maximum absolute atomic E-state index is 12.9. The standard InChI is InChI=1S/C20H18FNO3/c21-18-8-6-16(7-9-18)19(23)10-3-15-1-4-17(5-2-15)20(24)22-11-13-25-14-12-22/h1-10H,11-14H2. The fraction of sp³-hybridized carbons (Fsp3) is 0.200. The number of morpholine rings is 1. The molecule has 1 fully saturated rings. The van der Waals surface area contributed by atoms with E-state index in [2.05, 4.69) is 0 Å². The Bertz CT molecular complexity index is 776. The van der Waals surface area contributed by atoms with Gasteiger partial charge in [-0.15, -0.1) is 0 Å². The normalized spacial score (nSPS) is 14.7. The third kappa shape index (κ3) is 4.39. The number of halogens is 1. The molecule has 0 aromatic heterocycles. The highest BCUT2D eigenvalue weighted by atomic mass is 19.1. The van der Waals surface area contributed by atoms with Crippen molar-refractivity contribution in [3.8, 4) is 0 Å². The molecule has 3 rings (SSSR count). The van der Waals surface area contributed by atoms with Crippen molar-refractivity contribution >= 4 is 17.8 Å². The molecule has 0 atom stereocenters. The number of amides is 1. The minimum absolute atomic E-state index is 0.0128. The fourth-order valence-corrected chi connectivity index (χ4v) is 2.57. The molecule has 5 heteroatoms. The summed E-state index contributed by atoms with van der Waals surface area (Å²) in [5.41, 5.74) is 1.86. The molecule has 128 valence electrons. The molecular formula is C20H18FNO3. The minimum atomic E-state index is -0.374. The smallest absolute Gasteiger partial charge is 0.254 e. The highest BCUT2D eigenvalue weighted by Crippen LogP contribution is 2.12. The number of carbonyl (C=O) groups is 2. The molecule has 0 aliphatic carbocycles. The van der Waals surface area contributed by atoms with Crippen LogP contribution < -0.4 is 0 Å². The van der Waals surface area contributed by atoms with Gasteiger partial charge in [-0.05, 0) is 48.0 Å². The van der Waals surface area contributed by atoms with E-state index >= 15 is 0 Å². The van der Waals surface area contributed by atoms with E-state index in [1.807, 2.05) is 0 Å². The summed E-state index contributed by atoms with van der Waals surface area (Å²) in [5.74, 6) is -0.587. The number of ketones is 1. The number of hydrogen-bond donors (Lipinski definition) is 0. The van der Waals surface area contributed by atoms with Gasteiger partial charge in [0.25, 0.3) is 5.91 Å². The zero-order valence-electron chi connectivity index (χ0n) is 13.7. The second-order valence-electron chi connectivity index (χ2n) is 5.73. The van der Waals surface area contributed by atoms with Crippen LogP contribution in [0.4, 0.5) is 4.39 Å². The summed E-state index contributed by atoms with van der Waals surface area (Å²) < 4.78 is 18.1. The SMILES string of the molecule is O=C(C=Cc1ccc(C(=O)N2CCOCC2)cc1)c1ccc(F)cc1. The fourth-order valence-electron chi connectivity index (χ4n) is 2.57. The monoisotopic (exact) mass is 339 g/mol. The first-order valence-electron chi connectivity index (χ1n) is 8.08. The molecule has 0 spiro atoms. The van der Waals surface area contributed by atoms with Gasteiger partial charge in [0.2, 0.25) is 0 Å². The quantitative estimate of drug-likeness (QED) is 0.635. The molecule has 0 saturated carbocycles. The molecule has 25 heavy (non-hydrogen) atoms. The Balaban J connectivity index is 1.64. The second kappa shape index (κ2) is 7.85. The van der Waals surface area contributed by atoms with Crippen molar-refractivity contribution in [2.45, 2.75) is 0 Å². The number of hydrogen-bond acceptors (Lipinski definition) is 3. The van der Waals surface area contributed by atoms with Crippen molar-refractivity contribution in [1.82, 2.24) is 4.90 Å². The van der Waals surface area contributed by atoms with Crippen LogP contribution in [0, 0.1) is 5.82 Å². The first kappa shape index (κ1) is 17.0. The van der Waals surface area contributed by atoms with Gasteiger partial charge in [-0.25, -0.2) is 4.39 Å². The van der Waals surface area contributed by atoms with Crippen molar-refractivity contribution < 1.29 is 18.7 Å². The summed E-state index contributed by atoms with van der Waals surface area (Å²) in [6.07, 6.45) is 3.11. The van der Waals surface area contributed by atoms with E-state index in [9.17, 15) is 14.0 Å².